The number of aliphatic hydroxyl groups excluding tert-OH is 2. The van der Waals surface area contributed by atoms with Gasteiger partial charge in [-0.3, -0.25) is 0 Å². The second-order valence-electron chi connectivity index (χ2n) is 6.61. The fourth-order valence-corrected chi connectivity index (χ4v) is 4.29. The maximum atomic E-state index is 13.0. The van der Waals surface area contributed by atoms with Crippen LogP contribution >= 0.6 is 0 Å². The zero-order chi connectivity index (χ0) is 20.2. The van der Waals surface area contributed by atoms with E-state index < -0.39 is 11.9 Å². The van der Waals surface area contributed by atoms with Crippen LogP contribution in [0.15, 0.2) is 11.3 Å². The standard InChI is InChI=1S/C17H27F3O2.CH5N.CH4O/c1-2-22-11-15(16(21)17(18,19)20)14-10-6-8-12-7-4-3-5-9-13(12)14;2*1-2/h12-14,21H,2-11H2,1H3;2H2,1H3;2H,1H3/b16-15-;;. The summed E-state index contributed by atoms with van der Waals surface area (Å²) in [6, 6.07) is 0. The number of hydrogen-bond donors (Lipinski definition) is 3. The third kappa shape index (κ3) is 7.45. The number of aliphatic hydroxyl groups is 2. The average molecular weight is 383 g/mol. The van der Waals surface area contributed by atoms with Crippen LogP contribution in [0.3, 0.4) is 0 Å². The molecule has 2 aliphatic rings. The Hall–Kier alpha value is -0.790. The molecule has 0 saturated heterocycles. The molecule has 156 valence electrons. The maximum absolute atomic E-state index is 13.0. The van der Waals surface area contributed by atoms with Crippen molar-refractivity contribution in [1.29, 1.82) is 0 Å². The molecule has 0 heterocycles. The van der Waals surface area contributed by atoms with Crippen molar-refractivity contribution in [2.45, 2.75) is 64.5 Å². The Labute approximate surface area is 155 Å². The molecular weight excluding hydrogens is 347 g/mol. The van der Waals surface area contributed by atoms with Crippen LogP contribution in [-0.2, 0) is 4.74 Å². The highest BCUT2D eigenvalue weighted by Gasteiger charge is 2.42. The normalized spacial score (nSPS) is 26.8. The first kappa shape index (κ1) is 25.2. The quantitative estimate of drug-likeness (QED) is 0.621. The average Bonchev–Trinajstić information content (AvgIpc) is 2.90. The minimum Gasteiger partial charge on any atom is -0.504 e. The molecule has 0 aromatic carbocycles. The molecule has 4 N–H and O–H groups in total. The van der Waals surface area contributed by atoms with E-state index in [4.69, 9.17) is 9.84 Å². The van der Waals surface area contributed by atoms with Gasteiger partial charge in [0, 0.05) is 19.3 Å². The number of ether oxygens (including phenoxy) is 1. The van der Waals surface area contributed by atoms with Crippen molar-refractivity contribution in [2.24, 2.45) is 23.5 Å². The Kier molecular flexibility index (Phi) is 13.0. The van der Waals surface area contributed by atoms with Gasteiger partial charge in [0.15, 0.2) is 5.76 Å². The van der Waals surface area contributed by atoms with Crippen LogP contribution in [0.5, 0.6) is 0 Å². The van der Waals surface area contributed by atoms with Gasteiger partial charge in [0.05, 0.1) is 6.61 Å². The van der Waals surface area contributed by atoms with E-state index in [1.807, 2.05) is 0 Å². The van der Waals surface area contributed by atoms with Crippen LogP contribution in [-0.4, -0.2) is 43.8 Å². The highest BCUT2D eigenvalue weighted by molar-refractivity contribution is 5.18. The second kappa shape index (κ2) is 13.4. The molecule has 3 atom stereocenters. The molecule has 2 aliphatic carbocycles. The van der Waals surface area contributed by atoms with Crippen LogP contribution in [0, 0.1) is 17.8 Å². The van der Waals surface area contributed by atoms with Crippen molar-refractivity contribution in [2.75, 3.05) is 27.4 Å². The summed E-state index contributed by atoms with van der Waals surface area (Å²) in [5.74, 6) is -0.795. The van der Waals surface area contributed by atoms with Crippen molar-refractivity contribution < 1.29 is 28.1 Å². The molecule has 0 spiro atoms. The van der Waals surface area contributed by atoms with Gasteiger partial charge in [-0.25, -0.2) is 0 Å². The van der Waals surface area contributed by atoms with E-state index in [1.54, 1.807) is 6.92 Å². The summed E-state index contributed by atoms with van der Waals surface area (Å²) < 4.78 is 44.3. The number of rotatable bonds is 4. The molecular formula is C19H36F3NO3. The molecule has 0 aromatic heterocycles. The lowest BCUT2D eigenvalue weighted by molar-refractivity contribution is -0.124. The molecule has 2 saturated carbocycles. The first-order chi connectivity index (χ1) is 12.4. The van der Waals surface area contributed by atoms with E-state index in [1.165, 1.54) is 19.9 Å². The smallest absolute Gasteiger partial charge is 0.448 e. The fourth-order valence-electron chi connectivity index (χ4n) is 4.29. The zero-order valence-corrected chi connectivity index (χ0v) is 16.3. The summed E-state index contributed by atoms with van der Waals surface area (Å²) in [6.07, 6.45) is 3.69. The van der Waals surface area contributed by atoms with Gasteiger partial charge in [0.1, 0.15) is 0 Å². The molecule has 26 heavy (non-hydrogen) atoms. The topological polar surface area (TPSA) is 75.7 Å². The van der Waals surface area contributed by atoms with E-state index in [0.29, 0.717) is 12.5 Å². The summed E-state index contributed by atoms with van der Waals surface area (Å²) in [5, 5.41) is 16.8. The van der Waals surface area contributed by atoms with E-state index in [-0.39, 0.29) is 24.0 Å². The Morgan fingerprint density at radius 2 is 1.58 bits per heavy atom. The predicted molar refractivity (Wildman–Crippen MR) is 97.9 cm³/mol. The Balaban J connectivity index is 0.00000146. The summed E-state index contributed by atoms with van der Waals surface area (Å²) in [7, 11) is 2.50. The van der Waals surface area contributed by atoms with Crippen molar-refractivity contribution in [3.63, 3.8) is 0 Å². The minimum absolute atomic E-state index is 0.0888. The van der Waals surface area contributed by atoms with Gasteiger partial charge in [-0.2, -0.15) is 13.2 Å². The number of alkyl halides is 3. The Morgan fingerprint density at radius 1 is 1.00 bits per heavy atom. The lowest BCUT2D eigenvalue weighted by atomic mass is 9.67. The van der Waals surface area contributed by atoms with Gasteiger partial charge in [-0.05, 0) is 44.6 Å². The number of nitrogens with two attached hydrogens (primary N) is 1. The van der Waals surface area contributed by atoms with E-state index in [2.05, 4.69) is 5.73 Å². The third-order valence-electron chi connectivity index (χ3n) is 5.31. The second-order valence-corrected chi connectivity index (χ2v) is 6.61. The zero-order valence-electron chi connectivity index (χ0n) is 16.3. The molecule has 0 amide bonds. The number of hydrogen-bond acceptors (Lipinski definition) is 4. The van der Waals surface area contributed by atoms with Crippen molar-refractivity contribution in [3.05, 3.63) is 11.3 Å². The van der Waals surface area contributed by atoms with E-state index in [0.717, 1.165) is 45.6 Å². The van der Waals surface area contributed by atoms with Gasteiger partial charge >= 0.3 is 6.18 Å². The van der Waals surface area contributed by atoms with Crippen LogP contribution in [0.25, 0.3) is 0 Å². The largest absolute Gasteiger partial charge is 0.504 e. The maximum Gasteiger partial charge on any atom is 0.448 e. The van der Waals surface area contributed by atoms with Crippen molar-refractivity contribution in [3.8, 4) is 0 Å². The van der Waals surface area contributed by atoms with Gasteiger partial charge in [0.25, 0.3) is 0 Å². The third-order valence-corrected chi connectivity index (χ3v) is 5.31. The number of fused-ring (bicyclic) bond motifs is 1. The van der Waals surface area contributed by atoms with Gasteiger partial charge in [0.2, 0.25) is 0 Å². The van der Waals surface area contributed by atoms with Gasteiger partial charge < -0.3 is 20.7 Å². The summed E-state index contributed by atoms with van der Waals surface area (Å²) >= 11 is 0. The van der Waals surface area contributed by atoms with Gasteiger partial charge in [-0.1, -0.05) is 38.5 Å². The summed E-state index contributed by atoms with van der Waals surface area (Å²) in [6.45, 7) is 2.02. The van der Waals surface area contributed by atoms with E-state index in [9.17, 15) is 18.3 Å². The molecule has 0 aromatic rings. The molecule has 3 unspecified atom stereocenters. The minimum atomic E-state index is -4.68. The molecule has 2 rings (SSSR count). The first-order valence-electron chi connectivity index (χ1n) is 9.54. The molecule has 2 fully saturated rings. The highest BCUT2D eigenvalue weighted by Crippen LogP contribution is 2.47. The van der Waals surface area contributed by atoms with Crippen LogP contribution in [0.1, 0.15) is 58.3 Å². The SMILES string of the molecule is CCOC/C(=C(/O)C(F)(F)F)C1CCCC2CCCCCC21.CN.CO. The Bertz CT molecular complexity index is 400. The highest BCUT2D eigenvalue weighted by atomic mass is 19.4. The summed E-state index contributed by atoms with van der Waals surface area (Å²) in [5.41, 5.74) is 4.59. The lowest BCUT2D eigenvalue weighted by Gasteiger charge is -2.39. The first-order valence-corrected chi connectivity index (χ1v) is 9.54. The Morgan fingerprint density at radius 3 is 2.15 bits per heavy atom. The van der Waals surface area contributed by atoms with Crippen molar-refractivity contribution in [1.82, 2.24) is 0 Å². The lowest BCUT2D eigenvalue weighted by Crippen LogP contribution is -2.32. The molecule has 0 radical (unpaired) electrons. The number of halogens is 3. The molecule has 7 heteroatoms. The van der Waals surface area contributed by atoms with E-state index >= 15 is 0 Å². The van der Waals surface area contributed by atoms with Gasteiger partial charge in [-0.15, -0.1) is 0 Å². The predicted octanol–water partition coefficient (Wildman–Crippen LogP) is 4.58. The molecule has 0 aliphatic heterocycles. The monoisotopic (exact) mass is 383 g/mol. The molecule has 4 nitrogen and oxygen atoms in total. The summed E-state index contributed by atoms with van der Waals surface area (Å²) in [4.78, 5) is 0. The van der Waals surface area contributed by atoms with Crippen LogP contribution < -0.4 is 5.73 Å². The molecule has 0 bridgehead atoms. The van der Waals surface area contributed by atoms with Crippen LogP contribution in [0.4, 0.5) is 13.2 Å². The van der Waals surface area contributed by atoms with Crippen molar-refractivity contribution >= 4 is 0 Å². The van der Waals surface area contributed by atoms with Crippen LogP contribution in [0.2, 0.25) is 0 Å². The fraction of sp³-hybridized carbons (Fsp3) is 0.895. The number of allylic oxidation sites excluding steroid dienone is 1.